The molecule has 110 valence electrons. The van der Waals surface area contributed by atoms with Gasteiger partial charge < -0.3 is 9.84 Å². The molecule has 0 fully saturated rings. The number of carboxylic acids is 1. The first-order chi connectivity index (χ1) is 9.47. The second-order valence-corrected chi connectivity index (χ2v) is 4.27. The van der Waals surface area contributed by atoms with Crippen molar-refractivity contribution in [3.63, 3.8) is 0 Å². The molecule has 1 N–H and O–H groups in total. The summed E-state index contributed by atoms with van der Waals surface area (Å²) < 4.78 is 18.6. The Balaban J connectivity index is 2.88. The summed E-state index contributed by atoms with van der Waals surface area (Å²) in [6.45, 7) is 2.27. The van der Waals surface area contributed by atoms with Crippen LogP contribution in [0.3, 0.4) is 0 Å². The highest BCUT2D eigenvalue weighted by Crippen LogP contribution is 2.30. The van der Waals surface area contributed by atoms with Gasteiger partial charge in [-0.05, 0) is 6.42 Å². The Labute approximate surface area is 115 Å². The minimum atomic E-state index is -1.49. The summed E-state index contributed by atoms with van der Waals surface area (Å²) >= 11 is 0. The van der Waals surface area contributed by atoms with Crippen molar-refractivity contribution in [3.8, 4) is 5.75 Å². The van der Waals surface area contributed by atoms with Gasteiger partial charge in [0.1, 0.15) is 5.82 Å². The van der Waals surface area contributed by atoms with E-state index in [9.17, 15) is 19.3 Å². The topological polar surface area (TPSA) is 89.7 Å². The summed E-state index contributed by atoms with van der Waals surface area (Å²) in [4.78, 5) is 20.8. The Morgan fingerprint density at radius 3 is 2.65 bits per heavy atom. The molecular weight excluding hydrogens is 269 g/mol. The first kappa shape index (κ1) is 15.9. The molecule has 1 rings (SSSR count). The van der Waals surface area contributed by atoms with Crippen molar-refractivity contribution in [3.05, 3.63) is 33.6 Å². The average Bonchev–Trinajstić information content (AvgIpc) is 2.39. The van der Waals surface area contributed by atoms with E-state index in [-0.39, 0.29) is 12.4 Å². The molecule has 0 radical (unpaired) electrons. The lowest BCUT2D eigenvalue weighted by Crippen LogP contribution is -2.06. The molecule has 20 heavy (non-hydrogen) atoms. The van der Waals surface area contributed by atoms with Crippen LogP contribution in [-0.2, 0) is 0 Å². The highest BCUT2D eigenvalue weighted by atomic mass is 19.1. The molecular formula is C13H16FNO5. The number of rotatable bonds is 8. The third-order valence-corrected chi connectivity index (χ3v) is 2.73. The number of hydrogen-bond donors (Lipinski definition) is 1. The van der Waals surface area contributed by atoms with Gasteiger partial charge in [-0.1, -0.05) is 26.2 Å². The van der Waals surface area contributed by atoms with Gasteiger partial charge >= 0.3 is 11.7 Å². The van der Waals surface area contributed by atoms with Crippen LogP contribution in [0.2, 0.25) is 0 Å². The Kier molecular flexibility index (Phi) is 5.89. The molecule has 0 saturated carbocycles. The van der Waals surface area contributed by atoms with E-state index in [0.717, 1.165) is 25.3 Å². The van der Waals surface area contributed by atoms with Gasteiger partial charge in [0.2, 0.25) is 0 Å². The van der Waals surface area contributed by atoms with Crippen molar-refractivity contribution < 1.29 is 24.0 Å². The SMILES string of the molecule is CCCCCCOc1cc(C(=O)O)c(F)cc1[N+](=O)[O-]. The van der Waals surface area contributed by atoms with Crippen molar-refractivity contribution in [2.75, 3.05) is 6.61 Å². The van der Waals surface area contributed by atoms with E-state index < -0.39 is 28.0 Å². The van der Waals surface area contributed by atoms with Gasteiger partial charge in [0.15, 0.2) is 5.75 Å². The maximum Gasteiger partial charge on any atom is 0.338 e. The summed E-state index contributed by atoms with van der Waals surface area (Å²) in [6.07, 6.45) is 3.68. The molecule has 0 amide bonds. The smallest absolute Gasteiger partial charge is 0.338 e. The Morgan fingerprint density at radius 2 is 2.10 bits per heavy atom. The zero-order valence-corrected chi connectivity index (χ0v) is 11.1. The van der Waals surface area contributed by atoms with Gasteiger partial charge in [-0.15, -0.1) is 0 Å². The second-order valence-electron chi connectivity index (χ2n) is 4.27. The normalized spacial score (nSPS) is 10.3. The molecule has 0 saturated heterocycles. The first-order valence-corrected chi connectivity index (χ1v) is 6.31. The minimum Gasteiger partial charge on any atom is -0.487 e. The number of benzene rings is 1. The largest absolute Gasteiger partial charge is 0.487 e. The van der Waals surface area contributed by atoms with Crippen molar-refractivity contribution in [1.29, 1.82) is 0 Å². The van der Waals surface area contributed by atoms with Gasteiger partial charge in [0.25, 0.3) is 0 Å². The molecule has 0 aliphatic heterocycles. The maximum absolute atomic E-state index is 13.4. The quantitative estimate of drug-likeness (QED) is 0.449. The number of unbranched alkanes of at least 4 members (excludes halogenated alkanes) is 3. The van der Waals surface area contributed by atoms with E-state index in [4.69, 9.17) is 9.84 Å². The minimum absolute atomic E-state index is 0.217. The molecule has 0 unspecified atom stereocenters. The summed E-state index contributed by atoms with van der Waals surface area (Å²) in [7, 11) is 0. The lowest BCUT2D eigenvalue weighted by Gasteiger charge is -2.08. The molecule has 1 aromatic rings. The number of nitro groups is 1. The lowest BCUT2D eigenvalue weighted by atomic mass is 10.1. The van der Waals surface area contributed by atoms with Crippen molar-refractivity contribution in [2.24, 2.45) is 0 Å². The predicted molar refractivity (Wildman–Crippen MR) is 69.7 cm³/mol. The van der Waals surface area contributed by atoms with Crippen molar-refractivity contribution >= 4 is 11.7 Å². The molecule has 7 heteroatoms. The Morgan fingerprint density at radius 1 is 1.40 bits per heavy atom. The molecule has 6 nitrogen and oxygen atoms in total. The fourth-order valence-electron chi connectivity index (χ4n) is 1.68. The molecule has 0 bridgehead atoms. The monoisotopic (exact) mass is 285 g/mol. The van der Waals surface area contributed by atoms with E-state index in [1.807, 2.05) is 6.92 Å². The lowest BCUT2D eigenvalue weighted by molar-refractivity contribution is -0.386. The first-order valence-electron chi connectivity index (χ1n) is 6.31. The van der Waals surface area contributed by atoms with Crippen molar-refractivity contribution in [2.45, 2.75) is 32.6 Å². The van der Waals surface area contributed by atoms with E-state index in [1.54, 1.807) is 0 Å². The van der Waals surface area contributed by atoms with Crippen LogP contribution in [0, 0.1) is 15.9 Å². The summed E-state index contributed by atoms with van der Waals surface area (Å²) in [6, 6.07) is 1.43. The number of hydrogen-bond acceptors (Lipinski definition) is 4. The van der Waals surface area contributed by atoms with Crippen LogP contribution in [0.4, 0.5) is 10.1 Å². The van der Waals surface area contributed by atoms with Crippen LogP contribution >= 0.6 is 0 Å². The summed E-state index contributed by atoms with van der Waals surface area (Å²) in [5.41, 5.74) is -1.21. The van der Waals surface area contributed by atoms with Crippen LogP contribution in [-0.4, -0.2) is 22.6 Å². The zero-order valence-electron chi connectivity index (χ0n) is 11.1. The molecule has 0 aliphatic carbocycles. The van der Waals surface area contributed by atoms with Gasteiger partial charge in [0.05, 0.1) is 23.2 Å². The number of nitro benzene ring substituents is 1. The average molecular weight is 285 g/mol. The number of ether oxygens (including phenoxy) is 1. The van der Waals surface area contributed by atoms with E-state index in [0.29, 0.717) is 12.5 Å². The Hall–Kier alpha value is -2.18. The zero-order chi connectivity index (χ0) is 15.1. The van der Waals surface area contributed by atoms with Gasteiger partial charge in [-0.3, -0.25) is 10.1 Å². The summed E-state index contributed by atoms with van der Waals surface area (Å²) in [5, 5.41) is 19.6. The molecule has 0 spiro atoms. The molecule has 0 heterocycles. The second kappa shape index (κ2) is 7.42. The fourth-order valence-corrected chi connectivity index (χ4v) is 1.68. The standard InChI is InChI=1S/C13H16FNO5/c1-2-3-4-5-6-20-12-7-9(13(16)17)10(14)8-11(12)15(18)19/h7-8H,2-6H2,1H3,(H,16,17). The van der Waals surface area contributed by atoms with Crippen molar-refractivity contribution in [1.82, 2.24) is 0 Å². The van der Waals surface area contributed by atoms with Crippen LogP contribution in [0.5, 0.6) is 5.75 Å². The number of halogens is 1. The van der Waals surface area contributed by atoms with Crippen LogP contribution in [0.1, 0.15) is 43.0 Å². The maximum atomic E-state index is 13.4. The third-order valence-electron chi connectivity index (χ3n) is 2.73. The highest BCUT2D eigenvalue weighted by Gasteiger charge is 2.22. The van der Waals surface area contributed by atoms with E-state index >= 15 is 0 Å². The fraction of sp³-hybridized carbons (Fsp3) is 0.462. The molecule has 0 aromatic heterocycles. The van der Waals surface area contributed by atoms with E-state index in [2.05, 4.69) is 0 Å². The third kappa shape index (κ3) is 4.18. The molecule has 0 atom stereocenters. The molecule has 0 aliphatic rings. The predicted octanol–water partition coefficient (Wildman–Crippen LogP) is 3.39. The number of carboxylic acid groups (broad SMARTS) is 1. The highest BCUT2D eigenvalue weighted by molar-refractivity contribution is 5.89. The van der Waals surface area contributed by atoms with Crippen LogP contribution < -0.4 is 4.74 Å². The number of nitrogens with zero attached hydrogens (tertiary/aromatic N) is 1. The molecule has 1 aromatic carbocycles. The van der Waals surface area contributed by atoms with Gasteiger partial charge in [-0.2, -0.15) is 0 Å². The van der Waals surface area contributed by atoms with Crippen LogP contribution in [0.15, 0.2) is 12.1 Å². The van der Waals surface area contributed by atoms with Crippen LogP contribution in [0.25, 0.3) is 0 Å². The number of aromatic carboxylic acids is 1. The summed E-state index contributed by atoms with van der Waals surface area (Å²) in [5.74, 6) is -2.86. The van der Waals surface area contributed by atoms with E-state index in [1.165, 1.54) is 0 Å². The van der Waals surface area contributed by atoms with Gasteiger partial charge in [-0.25, -0.2) is 9.18 Å². The van der Waals surface area contributed by atoms with Gasteiger partial charge in [0, 0.05) is 6.07 Å². The number of carbonyl (C=O) groups is 1. The Bertz CT molecular complexity index is 504.